The van der Waals surface area contributed by atoms with Crippen molar-refractivity contribution in [2.24, 2.45) is 0 Å². The summed E-state index contributed by atoms with van der Waals surface area (Å²) in [5.41, 5.74) is 5.36. The van der Waals surface area contributed by atoms with Gasteiger partial charge in [0.1, 0.15) is 0 Å². The minimum Gasteiger partial charge on any atom is -0.480 e. The molecule has 24 heavy (non-hydrogen) atoms. The van der Waals surface area contributed by atoms with Crippen LogP contribution in [-0.4, -0.2) is 30.3 Å². The van der Waals surface area contributed by atoms with Crippen molar-refractivity contribution in [3.05, 3.63) is 59.7 Å². The van der Waals surface area contributed by atoms with Crippen LogP contribution in [0.5, 0.6) is 5.88 Å². The summed E-state index contributed by atoms with van der Waals surface area (Å²) < 4.78 is 5.22. The van der Waals surface area contributed by atoms with E-state index in [1.54, 1.807) is 14.2 Å². The Morgan fingerprint density at radius 2 is 2.00 bits per heavy atom. The molecule has 2 N–H and O–H groups in total. The Kier molecular flexibility index (Phi) is 4.77. The average molecular weight is 325 g/mol. The van der Waals surface area contributed by atoms with Gasteiger partial charge in [0.05, 0.1) is 24.4 Å². The van der Waals surface area contributed by atoms with Gasteiger partial charge in [-0.25, -0.2) is 0 Å². The van der Waals surface area contributed by atoms with Crippen molar-refractivity contribution >= 4 is 16.9 Å². The number of aromatic amines is 1. The highest BCUT2D eigenvalue weighted by atomic mass is 16.7. The molecule has 124 valence electrons. The number of ether oxygens (including phenoxy) is 1. The third kappa shape index (κ3) is 3.23. The predicted molar refractivity (Wildman–Crippen MR) is 90.7 cm³/mol. The highest BCUT2D eigenvalue weighted by molar-refractivity contribution is 5.85. The second-order valence-electron chi connectivity index (χ2n) is 5.38. The molecule has 0 saturated heterocycles. The Labute approximate surface area is 139 Å². The number of hydrogen-bond donors (Lipinski definition) is 2. The molecular weight excluding hydrogens is 306 g/mol. The van der Waals surface area contributed by atoms with E-state index in [4.69, 9.17) is 9.57 Å². The van der Waals surface area contributed by atoms with Gasteiger partial charge >= 0.3 is 5.97 Å². The summed E-state index contributed by atoms with van der Waals surface area (Å²) >= 11 is 0. The zero-order chi connectivity index (χ0) is 16.9. The fourth-order valence-corrected chi connectivity index (χ4v) is 2.82. The summed E-state index contributed by atoms with van der Waals surface area (Å²) in [6.45, 7) is 0. The van der Waals surface area contributed by atoms with Crippen LogP contribution in [0.4, 0.5) is 0 Å². The molecule has 0 aliphatic rings. The molecule has 3 aromatic rings. The Bertz CT molecular complexity index is 830. The van der Waals surface area contributed by atoms with E-state index in [1.807, 2.05) is 48.5 Å². The van der Waals surface area contributed by atoms with Crippen LogP contribution >= 0.6 is 0 Å². The van der Waals surface area contributed by atoms with Crippen LogP contribution in [0.3, 0.4) is 0 Å². The molecule has 1 atom stereocenters. The molecular formula is C18H19N3O3. The molecule has 0 aliphatic carbocycles. The third-order valence-electron chi connectivity index (χ3n) is 3.94. The van der Waals surface area contributed by atoms with E-state index < -0.39 is 0 Å². The molecule has 0 unspecified atom stereocenters. The maximum Gasteiger partial charge on any atom is 0.325 e. The van der Waals surface area contributed by atoms with E-state index in [1.165, 1.54) is 0 Å². The van der Waals surface area contributed by atoms with E-state index >= 15 is 0 Å². The number of rotatable bonds is 6. The Balaban J connectivity index is 1.99. The lowest BCUT2D eigenvalue weighted by Gasteiger charge is -2.17. The van der Waals surface area contributed by atoms with E-state index in [2.05, 4.69) is 15.7 Å². The molecule has 2 aromatic carbocycles. The molecule has 0 radical (unpaired) electrons. The van der Waals surface area contributed by atoms with Gasteiger partial charge in [-0.2, -0.15) is 5.48 Å². The highest BCUT2D eigenvalue weighted by Gasteiger charge is 2.20. The number of nitrogens with zero attached hydrogens (tertiary/aromatic N) is 1. The lowest BCUT2D eigenvalue weighted by Crippen LogP contribution is -2.18. The SMILES string of the molecule is CNOC(=O)C[C@H](c1ccccc1)c1ccc2c(OC)n[nH]c2c1. The Morgan fingerprint density at radius 1 is 1.21 bits per heavy atom. The molecule has 0 saturated carbocycles. The topological polar surface area (TPSA) is 76.2 Å². The molecule has 0 bridgehead atoms. The van der Waals surface area contributed by atoms with Crippen LogP contribution in [-0.2, 0) is 9.63 Å². The maximum atomic E-state index is 12.0. The van der Waals surface area contributed by atoms with E-state index in [-0.39, 0.29) is 18.3 Å². The van der Waals surface area contributed by atoms with Gasteiger partial charge in [-0.3, -0.25) is 9.89 Å². The molecule has 0 spiro atoms. The monoisotopic (exact) mass is 325 g/mol. The summed E-state index contributed by atoms with van der Waals surface area (Å²) in [6, 6.07) is 15.8. The number of carbonyl (C=O) groups excluding carboxylic acids is 1. The normalized spacial score (nSPS) is 12.1. The largest absolute Gasteiger partial charge is 0.480 e. The Morgan fingerprint density at radius 3 is 2.71 bits per heavy atom. The first-order valence-corrected chi connectivity index (χ1v) is 7.66. The average Bonchev–Trinajstić information content (AvgIpc) is 3.03. The smallest absolute Gasteiger partial charge is 0.325 e. The van der Waals surface area contributed by atoms with Crippen LogP contribution in [0, 0.1) is 0 Å². The van der Waals surface area contributed by atoms with Crippen molar-refractivity contribution in [2.75, 3.05) is 14.2 Å². The third-order valence-corrected chi connectivity index (χ3v) is 3.94. The molecule has 6 heteroatoms. The summed E-state index contributed by atoms with van der Waals surface area (Å²) in [7, 11) is 3.16. The molecule has 1 heterocycles. The molecule has 0 fully saturated rings. The van der Waals surface area contributed by atoms with Gasteiger partial charge in [0, 0.05) is 13.0 Å². The summed E-state index contributed by atoms with van der Waals surface area (Å²) in [5, 5.41) is 8.00. The summed E-state index contributed by atoms with van der Waals surface area (Å²) in [4.78, 5) is 16.9. The predicted octanol–water partition coefficient (Wildman–Crippen LogP) is 2.77. The minimum absolute atomic E-state index is 0.106. The second kappa shape index (κ2) is 7.14. The van der Waals surface area contributed by atoms with Crippen molar-refractivity contribution in [2.45, 2.75) is 12.3 Å². The lowest BCUT2D eigenvalue weighted by atomic mass is 9.88. The van der Waals surface area contributed by atoms with Gasteiger partial charge in [0.15, 0.2) is 0 Å². The van der Waals surface area contributed by atoms with Gasteiger partial charge < -0.3 is 9.57 Å². The number of nitrogens with one attached hydrogen (secondary N) is 2. The quantitative estimate of drug-likeness (QED) is 0.682. The number of aromatic nitrogens is 2. The second-order valence-corrected chi connectivity index (χ2v) is 5.38. The number of hydrogen-bond acceptors (Lipinski definition) is 5. The fraction of sp³-hybridized carbons (Fsp3) is 0.222. The van der Waals surface area contributed by atoms with Crippen molar-refractivity contribution in [3.63, 3.8) is 0 Å². The standard InChI is InChI=1S/C18H19N3O3/c1-19-24-17(22)11-15(12-6-4-3-5-7-12)13-8-9-14-16(10-13)20-21-18(14)23-2/h3-10,15,19H,11H2,1-2H3,(H,20,21)/t15-/m1/s1. The van der Waals surface area contributed by atoms with Crippen LogP contribution in [0.1, 0.15) is 23.5 Å². The zero-order valence-electron chi connectivity index (χ0n) is 13.6. The number of fused-ring (bicyclic) bond motifs is 1. The zero-order valence-corrected chi connectivity index (χ0v) is 13.6. The van der Waals surface area contributed by atoms with Gasteiger partial charge in [-0.1, -0.05) is 36.4 Å². The van der Waals surface area contributed by atoms with Gasteiger partial charge in [-0.05, 0) is 23.3 Å². The molecule has 0 aliphatic heterocycles. The van der Waals surface area contributed by atoms with Crippen LogP contribution < -0.4 is 10.2 Å². The molecule has 3 rings (SSSR count). The molecule has 6 nitrogen and oxygen atoms in total. The Hall–Kier alpha value is -2.86. The van der Waals surface area contributed by atoms with Crippen molar-refractivity contribution in [1.82, 2.24) is 15.7 Å². The van der Waals surface area contributed by atoms with Crippen LogP contribution in [0.15, 0.2) is 48.5 Å². The highest BCUT2D eigenvalue weighted by Crippen LogP contribution is 2.32. The maximum absolute atomic E-state index is 12.0. The minimum atomic E-state index is -0.311. The lowest BCUT2D eigenvalue weighted by molar-refractivity contribution is -0.150. The van der Waals surface area contributed by atoms with Crippen LogP contribution in [0.25, 0.3) is 10.9 Å². The first-order valence-electron chi connectivity index (χ1n) is 7.66. The molecule has 1 aromatic heterocycles. The fourth-order valence-electron chi connectivity index (χ4n) is 2.82. The number of carbonyl (C=O) groups is 1. The first kappa shape index (κ1) is 16.0. The number of benzene rings is 2. The summed E-state index contributed by atoms with van der Waals surface area (Å²) in [6.07, 6.45) is 0.238. The van der Waals surface area contributed by atoms with Gasteiger partial charge in [-0.15, -0.1) is 5.10 Å². The number of methoxy groups -OCH3 is 1. The van der Waals surface area contributed by atoms with Crippen molar-refractivity contribution < 1.29 is 14.4 Å². The van der Waals surface area contributed by atoms with Crippen molar-refractivity contribution in [3.8, 4) is 5.88 Å². The van der Waals surface area contributed by atoms with E-state index in [9.17, 15) is 4.79 Å². The van der Waals surface area contributed by atoms with Gasteiger partial charge in [0.2, 0.25) is 5.88 Å². The number of H-pyrrole nitrogens is 1. The van der Waals surface area contributed by atoms with E-state index in [0.717, 1.165) is 22.0 Å². The van der Waals surface area contributed by atoms with Crippen molar-refractivity contribution in [1.29, 1.82) is 0 Å². The number of hydroxylamine groups is 1. The first-order chi connectivity index (χ1) is 11.7. The molecule has 0 amide bonds. The summed E-state index contributed by atoms with van der Waals surface area (Å²) in [5.74, 6) is 0.141. The van der Waals surface area contributed by atoms with Crippen LogP contribution in [0.2, 0.25) is 0 Å². The van der Waals surface area contributed by atoms with Gasteiger partial charge in [0.25, 0.3) is 0 Å². The van der Waals surface area contributed by atoms with E-state index in [0.29, 0.717) is 5.88 Å².